The maximum absolute atomic E-state index is 14.4. The van der Waals surface area contributed by atoms with Gasteiger partial charge in [-0.25, -0.2) is 14.7 Å². The van der Waals surface area contributed by atoms with Crippen molar-refractivity contribution < 1.29 is 42.2 Å². The van der Waals surface area contributed by atoms with E-state index in [1.807, 2.05) is 0 Å². The first-order valence-electron chi connectivity index (χ1n) is 16.3. The van der Waals surface area contributed by atoms with Gasteiger partial charge in [-0.1, -0.05) is 35.3 Å². The molecule has 1 atom stereocenters. The minimum absolute atomic E-state index is 0.0380. The first kappa shape index (κ1) is 36.0. The van der Waals surface area contributed by atoms with Crippen molar-refractivity contribution in [2.24, 2.45) is 0 Å². The second-order valence-electron chi connectivity index (χ2n) is 13.5. The number of amides is 4. The van der Waals surface area contributed by atoms with Crippen LogP contribution in [0, 0.1) is 0 Å². The zero-order valence-electron chi connectivity index (χ0n) is 27.8. The molecule has 4 amide bonds. The average Bonchev–Trinajstić information content (AvgIpc) is 3.99. The Hall–Kier alpha value is -5.35. The molecule has 0 bridgehead atoms. The highest BCUT2D eigenvalue weighted by atomic mass is 35.5. The summed E-state index contributed by atoms with van der Waals surface area (Å²) in [4.78, 5) is 63.4. The topological polar surface area (TPSA) is 168 Å². The van der Waals surface area contributed by atoms with Gasteiger partial charge in [0.25, 0.3) is 11.8 Å². The van der Waals surface area contributed by atoms with Crippen LogP contribution < -0.4 is 25.6 Å². The number of hydrogen-bond acceptors (Lipinski definition) is 7. The Morgan fingerprint density at radius 3 is 2.23 bits per heavy atom. The SMILES string of the molecule is C[C@@]1(Cc2ccc(OC(F)(F)F)cc2)C(=O)N(c2cc(Cl)cc(Cl)c2)c2ncc(C(=O)NC3(C(=O)NC4(c5cc(CNC(=O)O)ccn5)CC4)CC3)n21. The summed E-state index contributed by atoms with van der Waals surface area (Å²) in [7, 11) is 0. The number of halogens is 5. The zero-order chi connectivity index (χ0) is 37.9. The summed E-state index contributed by atoms with van der Waals surface area (Å²) in [5.41, 5.74) is -1.65. The third-order valence-corrected chi connectivity index (χ3v) is 9.98. The molecular formula is C35H30Cl2F3N7O6. The van der Waals surface area contributed by atoms with Gasteiger partial charge >= 0.3 is 12.5 Å². The smallest absolute Gasteiger partial charge is 0.465 e. The molecule has 0 spiro atoms. The van der Waals surface area contributed by atoms with Crippen molar-refractivity contribution in [2.75, 3.05) is 4.90 Å². The van der Waals surface area contributed by atoms with Crippen molar-refractivity contribution in [3.05, 3.63) is 99.6 Å². The Morgan fingerprint density at radius 2 is 1.62 bits per heavy atom. The van der Waals surface area contributed by atoms with Crippen molar-refractivity contribution in [1.29, 1.82) is 0 Å². The Labute approximate surface area is 309 Å². The Bertz CT molecular complexity index is 2130. The van der Waals surface area contributed by atoms with E-state index in [4.69, 9.17) is 28.3 Å². The van der Waals surface area contributed by atoms with E-state index in [1.165, 1.54) is 46.0 Å². The predicted octanol–water partition coefficient (Wildman–Crippen LogP) is 5.96. The maximum Gasteiger partial charge on any atom is 0.573 e. The molecule has 0 saturated heterocycles. The molecule has 4 aromatic rings. The number of imidazole rings is 1. The number of ether oxygens (including phenoxy) is 1. The molecule has 53 heavy (non-hydrogen) atoms. The average molecular weight is 773 g/mol. The van der Waals surface area contributed by atoms with E-state index in [1.54, 1.807) is 25.3 Å². The second kappa shape index (κ2) is 12.9. The van der Waals surface area contributed by atoms with Crippen LogP contribution in [0.4, 0.5) is 29.6 Å². The van der Waals surface area contributed by atoms with Crippen molar-refractivity contribution in [3.63, 3.8) is 0 Å². The number of anilines is 2. The summed E-state index contributed by atoms with van der Waals surface area (Å²) in [6.45, 7) is 1.64. The molecule has 3 aliphatic rings. The van der Waals surface area contributed by atoms with E-state index in [2.05, 4.69) is 30.7 Å². The fraction of sp³-hybridized carbons (Fsp3) is 0.314. The molecule has 2 saturated carbocycles. The van der Waals surface area contributed by atoms with E-state index in [0.29, 0.717) is 42.5 Å². The number of carbonyl (C=O) groups excluding carboxylic acids is 3. The molecular weight excluding hydrogens is 742 g/mol. The minimum atomic E-state index is -4.89. The van der Waals surface area contributed by atoms with Gasteiger partial charge in [0.1, 0.15) is 22.5 Å². The molecule has 2 aromatic carbocycles. The summed E-state index contributed by atoms with van der Waals surface area (Å²) in [6.07, 6.45) is -1.45. The molecule has 7 rings (SSSR count). The second-order valence-corrected chi connectivity index (χ2v) is 14.3. The van der Waals surface area contributed by atoms with Gasteiger partial charge in [-0.05, 0) is 86.2 Å². The maximum atomic E-state index is 14.4. The lowest BCUT2D eigenvalue weighted by molar-refractivity contribution is -0.274. The number of nitrogens with one attached hydrogen (secondary N) is 3. The van der Waals surface area contributed by atoms with Crippen LogP contribution in [-0.4, -0.2) is 55.4 Å². The molecule has 0 unspecified atom stereocenters. The number of hydrogen-bond donors (Lipinski definition) is 4. The van der Waals surface area contributed by atoms with Gasteiger partial charge in [-0.2, -0.15) is 0 Å². The van der Waals surface area contributed by atoms with Crippen LogP contribution in [0.15, 0.2) is 67.0 Å². The number of alkyl halides is 3. The number of fused-ring (bicyclic) bond motifs is 1. The van der Waals surface area contributed by atoms with E-state index in [0.717, 1.165) is 12.1 Å². The van der Waals surface area contributed by atoms with Gasteiger partial charge in [-0.3, -0.25) is 23.9 Å². The van der Waals surface area contributed by atoms with Crippen LogP contribution in [0.25, 0.3) is 0 Å². The fourth-order valence-corrected chi connectivity index (χ4v) is 7.10. The van der Waals surface area contributed by atoms with Gasteiger partial charge in [0, 0.05) is 29.2 Å². The monoisotopic (exact) mass is 771 g/mol. The van der Waals surface area contributed by atoms with E-state index in [-0.39, 0.29) is 40.3 Å². The van der Waals surface area contributed by atoms with Crippen LogP contribution in [0.3, 0.4) is 0 Å². The Morgan fingerprint density at radius 1 is 0.943 bits per heavy atom. The third kappa shape index (κ3) is 7.08. The third-order valence-electron chi connectivity index (χ3n) is 9.54. The van der Waals surface area contributed by atoms with Gasteiger partial charge in [-0.15, -0.1) is 13.2 Å². The quantitative estimate of drug-likeness (QED) is 0.145. The van der Waals surface area contributed by atoms with E-state index >= 15 is 0 Å². The lowest BCUT2D eigenvalue weighted by atomic mass is 9.91. The Kier molecular flexibility index (Phi) is 8.80. The number of pyridine rings is 1. The first-order valence-corrected chi connectivity index (χ1v) is 17.1. The van der Waals surface area contributed by atoms with Crippen molar-refractivity contribution in [1.82, 2.24) is 30.5 Å². The number of benzene rings is 2. The Balaban J connectivity index is 1.16. The lowest BCUT2D eigenvalue weighted by Crippen LogP contribution is -2.52. The van der Waals surface area contributed by atoms with Crippen molar-refractivity contribution in [2.45, 2.75) is 68.6 Å². The fourth-order valence-electron chi connectivity index (χ4n) is 6.58. The molecule has 18 heteroatoms. The van der Waals surface area contributed by atoms with Crippen LogP contribution >= 0.6 is 23.2 Å². The van der Waals surface area contributed by atoms with E-state index in [9.17, 15) is 32.3 Å². The summed E-state index contributed by atoms with van der Waals surface area (Å²) >= 11 is 12.6. The van der Waals surface area contributed by atoms with Gasteiger partial charge < -0.3 is 25.8 Å². The van der Waals surface area contributed by atoms with E-state index < -0.39 is 52.5 Å². The number of rotatable bonds is 11. The van der Waals surface area contributed by atoms with Crippen molar-refractivity contribution in [3.8, 4) is 5.75 Å². The molecule has 2 fully saturated rings. The first-order chi connectivity index (χ1) is 25.0. The van der Waals surface area contributed by atoms with Crippen LogP contribution in [-0.2, 0) is 33.6 Å². The van der Waals surface area contributed by atoms with Gasteiger partial charge in [0.15, 0.2) is 0 Å². The summed E-state index contributed by atoms with van der Waals surface area (Å²) < 4.78 is 43.8. The van der Waals surface area contributed by atoms with Gasteiger partial charge in [0.2, 0.25) is 11.9 Å². The molecule has 0 radical (unpaired) electrons. The van der Waals surface area contributed by atoms with Crippen LogP contribution in [0.5, 0.6) is 5.75 Å². The predicted molar refractivity (Wildman–Crippen MR) is 184 cm³/mol. The highest BCUT2D eigenvalue weighted by Crippen LogP contribution is 2.48. The normalized spacial score (nSPS) is 19.3. The number of nitrogens with zero attached hydrogens (tertiary/aromatic N) is 4. The number of aromatic nitrogens is 3. The van der Waals surface area contributed by atoms with Crippen LogP contribution in [0.1, 0.15) is 59.9 Å². The molecule has 3 heterocycles. The highest BCUT2D eigenvalue weighted by molar-refractivity contribution is 6.35. The molecule has 4 N–H and O–H groups in total. The molecule has 276 valence electrons. The van der Waals surface area contributed by atoms with Gasteiger partial charge in [0.05, 0.1) is 23.1 Å². The molecule has 13 nitrogen and oxygen atoms in total. The van der Waals surface area contributed by atoms with Crippen molar-refractivity contribution >= 4 is 58.7 Å². The molecule has 2 aliphatic carbocycles. The summed E-state index contributed by atoms with van der Waals surface area (Å²) in [6, 6.07) is 12.9. The standard InChI is InChI=1S/C35H30Cl2F3N7O6/c1-32(16-19-2-4-24(5-3-19)53-35(38,39)40)29(50)46(23-14-21(36)13-22(37)15-23)30-42-18-25(47(30)32)27(48)44-34(9-10-34)28(49)45-33(7-8-33)26-12-20(6-11-41-26)17-43-31(51)52/h2-6,11-15,18,43H,7-10,16-17H2,1H3,(H,44,48)(H,45,49)(H,51,52)/t32-/m1/s1. The summed E-state index contributed by atoms with van der Waals surface area (Å²) in [5, 5.41) is 17.7. The summed E-state index contributed by atoms with van der Waals surface area (Å²) in [5.74, 6) is -2.00. The lowest BCUT2D eigenvalue weighted by Gasteiger charge is -2.27. The largest absolute Gasteiger partial charge is 0.573 e. The minimum Gasteiger partial charge on any atom is -0.465 e. The molecule has 1 aliphatic heterocycles. The number of carboxylic acid groups (broad SMARTS) is 1. The van der Waals surface area contributed by atoms with Crippen LogP contribution in [0.2, 0.25) is 10.0 Å². The molecule has 2 aromatic heterocycles. The highest BCUT2D eigenvalue weighted by Gasteiger charge is 2.57. The number of carbonyl (C=O) groups is 4. The zero-order valence-corrected chi connectivity index (χ0v) is 29.3.